The summed E-state index contributed by atoms with van der Waals surface area (Å²) in [5.41, 5.74) is 4.40. The van der Waals surface area contributed by atoms with Crippen molar-refractivity contribution in [2.24, 2.45) is 5.92 Å². The molecule has 0 N–H and O–H groups in total. The lowest BCUT2D eigenvalue weighted by Crippen LogP contribution is -2.41. The molecule has 1 aliphatic rings. The van der Waals surface area contributed by atoms with Crippen molar-refractivity contribution in [3.8, 4) is 34.4 Å². The third-order valence-corrected chi connectivity index (χ3v) is 7.95. The summed E-state index contributed by atoms with van der Waals surface area (Å²) in [6, 6.07) is 33.5. The van der Waals surface area contributed by atoms with Crippen LogP contribution in [0.2, 0.25) is 0 Å². The maximum atomic E-state index is 13.2. The lowest BCUT2D eigenvalue weighted by Gasteiger charge is -2.32. The van der Waals surface area contributed by atoms with Crippen molar-refractivity contribution in [2.75, 3.05) is 19.7 Å². The molecule has 4 aromatic rings. The summed E-state index contributed by atoms with van der Waals surface area (Å²) < 4.78 is 18.2. The highest BCUT2D eigenvalue weighted by molar-refractivity contribution is 5.80. The van der Waals surface area contributed by atoms with E-state index in [0.29, 0.717) is 29.6 Å². The minimum Gasteiger partial charge on any atom is -0.491 e. The van der Waals surface area contributed by atoms with Crippen LogP contribution in [-0.4, -0.2) is 36.6 Å². The topological polar surface area (TPSA) is 71.8 Å². The van der Waals surface area contributed by atoms with E-state index < -0.39 is 0 Å². The standard InChI is InChI=1S/C38H40N2O4/c1-28(2)44-33-12-8-11-30(23-33)16-15-29-19-21-40(22-20-29)38(41)27-43-36-14-7-6-13-34(36)35-24-32(25-39)17-18-37(35)42-26-31-9-4-3-5-10-31/h3-14,17-18,23-24,28-29H,15-16,19-22,26-27H2,1-2H3. The Labute approximate surface area is 260 Å². The van der Waals surface area contributed by atoms with E-state index in [-0.39, 0.29) is 18.6 Å². The number of aryl methyl sites for hydroxylation is 1. The summed E-state index contributed by atoms with van der Waals surface area (Å²) in [6.07, 6.45) is 4.27. The van der Waals surface area contributed by atoms with Gasteiger partial charge in [-0.15, -0.1) is 0 Å². The van der Waals surface area contributed by atoms with Gasteiger partial charge in [-0.05, 0) is 93.0 Å². The van der Waals surface area contributed by atoms with Crippen LogP contribution in [-0.2, 0) is 17.8 Å². The second kappa shape index (κ2) is 15.1. The highest BCUT2D eigenvalue weighted by Gasteiger charge is 2.23. The largest absolute Gasteiger partial charge is 0.491 e. The van der Waals surface area contributed by atoms with Crippen LogP contribution in [0.4, 0.5) is 0 Å². The molecule has 0 radical (unpaired) electrons. The molecule has 0 aromatic heterocycles. The molecule has 6 nitrogen and oxygen atoms in total. The Bertz CT molecular complexity index is 1570. The molecule has 0 atom stereocenters. The molecule has 1 aliphatic heterocycles. The number of ether oxygens (including phenoxy) is 3. The molecule has 0 unspecified atom stereocenters. The highest BCUT2D eigenvalue weighted by atomic mass is 16.5. The van der Waals surface area contributed by atoms with E-state index in [1.807, 2.05) is 91.5 Å². The van der Waals surface area contributed by atoms with E-state index in [0.717, 1.165) is 61.2 Å². The fraction of sp³-hybridized carbons (Fsp3) is 0.316. The number of piperidine rings is 1. The van der Waals surface area contributed by atoms with Gasteiger partial charge >= 0.3 is 0 Å². The molecule has 0 saturated carbocycles. The number of amides is 1. The van der Waals surface area contributed by atoms with Gasteiger partial charge in [0.05, 0.1) is 17.7 Å². The number of carbonyl (C=O) groups excluding carboxylic acids is 1. The number of hydrogen-bond donors (Lipinski definition) is 0. The second-order valence-electron chi connectivity index (χ2n) is 11.6. The number of carbonyl (C=O) groups is 1. The number of benzene rings is 4. The number of nitriles is 1. The van der Waals surface area contributed by atoms with Gasteiger partial charge in [-0.2, -0.15) is 5.26 Å². The second-order valence-corrected chi connectivity index (χ2v) is 11.6. The van der Waals surface area contributed by atoms with Crippen LogP contribution in [0.1, 0.15) is 49.8 Å². The Morgan fingerprint density at radius 2 is 1.57 bits per heavy atom. The SMILES string of the molecule is CC(C)Oc1cccc(CCC2CCN(C(=O)COc3ccccc3-c3cc(C#N)ccc3OCc3ccccc3)CC2)c1. The van der Waals surface area contributed by atoms with E-state index >= 15 is 0 Å². The van der Waals surface area contributed by atoms with Crippen molar-refractivity contribution >= 4 is 5.91 Å². The molecule has 5 rings (SSSR count). The van der Waals surface area contributed by atoms with Gasteiger partial charge in [0.2, 0.25) is 0 Å². The molecule has 6 heteroatoms. The predicted octanol–water partition coefficient (Wildman–Crippen LogP) is 7.84. The van der Waals surface area contributed by atoms with Crippen LogP contribution in [0.25, 0.3) is 11.1 Å². The van der Waals surface area contributed by atoms with E-state index in [2.05, 4.69) is 24.3 Å². The van der Waals surface area contributed by atoms with Crippen molar-refractivity contribution in [1.82, 2.24) is 4.90 Å². The van der Waals surface area contributed by atoms with E-state index in [4.69, 9.17) is 14.2 Å². The Kier molecular flexibility index (Phi) is 10.5. The molecule has 1 saturated heterocycles. The zero-order valence-corrected chi connectivity index (χ0v) is 25.6. The van der Waals surface area contributed by atoms with Gasteiger partial charge in [0, 0.05) is 24.2 Å². The highest BCUT2D eigenvalue weighted by Crippen LogP contribution is 2.37. The fourth-order valence-electron chi connectivity index (χ4n) is 5.61. The first-order valence-electron chi connectivity index (χ1n) is 15.4. The van der Waals surface area contributed by atoms with Gasteiger partial charge in [0.1, 0.15) is 23.9 Å². The van der Waals surface area contributed by atoms with Crippen LogP contribution in [0.3, 0.4) is 0 Å². The average Bonchev–Trinajstić information content (AvgIpc) is 3.06. The Morgan fingerprint density at radius 3 is 2.34 bits per heavy atom. The van der Waals surface area contributed by atoms with Crippen molar-refractivity contribution in [3.05, 3.63) is 114 Å². The van der Waals surface area contributed by atoms with Gasteiger partial charge in [-0.1, -0.05) is 60.7 Å². The van der Waals surface area contributed by atoms with Crippen LogP contribution < -0.4 is 14.2 Å². The maximum Gasteiger partial charge on any atom is 0.260 e. The molecule has 4 aromatic carbocycles. The van der Waals surface area contributed by atoms with Gasteiger partial charge in [0.15, 0.2) is 6.61 Å². The van der Waals surface area contributed by atoms with Crippen molar-refractivity contribution in [3.63, 3.8) is 0 Å². The van der Waals surface area contributed by atoms with Gasteiger partial charge in [-0.3, -0.25) is 4.79 Å². The van der Waals surface area contributed by atoms with E-state index in [1.54, 1.807) is 6.07 Å². The fourth-order valence-corrected chi connectivity index (χ4v) is 5.61. The van der Waals surface area contributed by atoms with E-state index in [9.17, 15) is 10.1 Å². The number of nitrogens with zero attached hydrogens (tertiary/aromatic N) is 2. The molecular formula is C38H40N2O4. The van der Waals surface area contributed by atoms with Crippen LogP contribution in [0.15, 0.2) is 97.1 Å². The van der Waals surface area contributed by atoms with Gasteiger partial charge < -0.3 is 19.1 Å². The van der Waals surface area contributed by atoms with Gasteiger partial charge in [-0.25, -0.2) is 0 Å². The van der Waals surface area contributed by atoms with Gasteiger partial charge in [0.25, 0.3) is 5.91 Å². The zero-order valence-electron chi connectivity index (χ0n) is 25.6. The minimum absolute atomic E-state index is 0.0110. The first kappa shape index (κ1) is 30.7. The smallest absolute Gasteiger partial charge is 0.260 e. The molecule has 44 heavy (non-hydrogen) atoms. The summed E-state index contributed by atoms with van der Waals surface area (Å²) >= 11 is 0. The molecule has 1 fully saturated rings. The first-order valence-corrected chi connectivity index (χ1v) is 15.4. The quantitative estimate of drug-likeness (QED) is 0.169. The lowest BCUT2D eigenvalue weighted by molar-refractivity contribution is -0.134. The van der Waals surface area contributed by atoms with Crippen LogP contribution >= 0.6 is 0 Å². The van der Waals surface area contributed by atoms with Crippen molar-refractivity contribution in [1.29, 1.82) is 5.26 Å². The Hall–Kier alpha value is -4.76. The third-order valence-electron chi connectivity index (χ3n) is 7.95. The number of likely N-dealkylation sites (tertiary alicyclic amines) is 1. The molecule has 226 valence electrons. The maximum absolute atomic E-state index is 13.2. The average molecular weight is 589 g/mol. The summed E-state index contributed by atoms with van der Waals surface area (Å²) in [4.78, 5) is 15.1. The number of rotatable bonds is 12. The minimum atomic E-state index is -0.0392. The molecular weight excluding hydrogens is 548 g/mol. The molecule has 0 bridgehead atoms. The first-order chi connectivity index (χ1) is 21.5. The number of hydrogen-bond acceptors (Lipinski definition) is 5. The molecule has 1 heterocycles. The third kappa shape index (κ3) is 8.41. The monoisotopic (exact) mass is 588 g/mol. The molecule has 0 spiro atoms. The zero-order chi connectivity index (χ0) is 30.7. The van der Waals surface area contributed by atoms with E-state index in [1.165, 1.54) is 5.56 Å². The molecule has 1 amide bonds. The lowest BCUT2D eigenvalue weighted by atomic mass is 9.90. The van der Waals surface area contributed by atoms with Crippen LogP contribution in [0.5, 0.6) is 17.2 Å². The van der Waals surface area contributed by atoms with Crippen molar-refractivity contribution in [2.45, 2.75) is 52.2 Å². The summed E-state index contributed by atoms with van der Waals surface area (Å²) in [5, 5.41) is 9.57. The predicted molar refractivity (Wildman–Crippen MR) is 173 cm³/mol. The van der Waals surface area contributed by atoms with Crippen LogP contribution in [0, 0.1) is 17.2 Å². The normalized spacial score (nSPS) is 13.4. The Balaban J connectivity index is 1.17. The molecule has 0 aliphatic carbocycles. The Morgan fingerprint density at radius 1 is 0.841 bits per heavy atom. The van der Waals surface area contributed by atoms with Crippen molar-refractivity contribution < 1.29 is 19.0 Å². The summed E-state index contributed by atoms with van der Waals surface area (Å²) in [7, 11) is 0. The summed E-state index contributed by atoms with van der Waals surface area (Å²) in [6.45, 7) is 5.93. The summed E-state index contributed by atoms with van der Waals surface area (Å²) in [5.74, 6) is 2.74. The number of para-hydroxylation sites is 1.